The lowest BCUT2D eigenvalue weighted by Crippen LogP contribution is -2.15. The van der Waals surface area contributed by atoms with Crippen molar-refractivity contribution in [3.05, 3.63) is 106 Å². The first-order valence-corrected chi connectivity index (χ1v) is 9.99. The van der Waals surface area contributed by atoms with E-state index < -0.39 is 0 Å². The van der Waals surface area contributed by atoms with Gasteiger partial charge in [0.05, 0.1) is 29.0 Å². The second-order valence-corrected chi connectivity index (χ2v) is 7.44. The summed E-state index contributed by atoms with van der Waals surface area (Å²) in [6, 6.07) is 18.4. The van der Waals surface area contributed by atoms with Crippen LogP contribution in [-0.4, -0.2) is 29.3 Å². The first kappa shape index (κ1) is 19.0. The van der Waals surface area contributed by atoms with Crippen LogP contribution in [0.4, 0.5) is 0 Å². The second-order valence-electron chi connectivity index (χ2n) is 7.00. The van der Waals surface area contributed by atoms with Gasteiger partial charge in [-0.25, -0.2) is 14.0 Å². The summed E-state index contributed by atoms with van der Waals surface area (Å²) in [4.78, 5) is 12.7. The molecule has 5 rings (SSSR count). The number of hydrogen-bond donors (Lipinski definition) is 0. The van der Waals surface area contributed by atoms with E-state index in [9.17, 15) is 4.79 Å². The summed E-state index contributed by atoms with van der Waals surface area (Å²) >= 11 is 6.14. The zero-order chi connectivity index (χ0) is 21.4. The van der Waals surface area contributed by atoms with Crippen LogP contribution in [0, 0.1) is 6.92 Å². The molecule has 0 unspecified atom stereocenters. The fraction of sp³-hybridized carbons (Fsp3) is 0.0435. The zero-order valence-electron chi connectivity index (χ0n) is 16.6. The van der Waals surface area contributed by atoms with Crippen LogP contribution in [0.5, 0.6) is 0 Å². The van der Waals surface area contributed by atoms with Crippen molar-refractivity contribution in [2.24, 2.45) is 0 Å². The number of benzene rings is 2. The number of aromatic nitrogens is 6. The molecule has 0 radical (unpaired) electrons. The normalized spacial score (nSPS) is 11.0. The van der Waals surface area contributed by atoms with E-state index in [4.69, 9.17) is 11.6 Å². The van der Waals surface area contributed by atoms with Crippen LogP contribution in [0.1, 0.15) is 5.56 Å². The van der Waals surface area contributed by atoms with Crippen LogP contribution < -0.4 is 5.43 Å². The van der Waals surface area contributed by atoms with Gasteiger partial charge in [-0.3, -0.25) is 4.79 Å². The van der Waals surface area contributed by atoms with E-state index >= 15 is 0 Å². The first-order chi connectivity index (χ1) is 15.1. The van der Waals surface area contributed by atoms with Gasteiger partial charge in [-0.2, -0.15) is 15.3 Å². The van der Waals surface area contributed by atoms with E-state index in [-0.39, 0.29) is 5.43 Å². The summed E-state index contributed by atoms with van der Waals surface area (Å²) in [5.41, 5.74) is 4.27. The van der Waals surface area contributed by atoms with Gasteiger partial charge in [0.1, 0.15) is 0 Å². The highest BCUT2D eigenvalue weighted by molar-refractivity contribution is 6.30. The Balaban J connectivity index is 1.59. The van der Waals surface area contributed by atoms with Gasteiger partial charge < -0.3 is 0 Å². The van der Waals surface area contributed by atoms with Crippen molar-refractivity contribution in [2.45, 2.75) is 6.92 Å². The summed E-state index contributed by atoms with van der Waals surface area (Å²) in [6.07, 6.45) is 6.93. The maximum atomic E-state index is 12.7. The van der Waals surface area contributed by atoms with Crippen LogP contribution in [0.2, 0.25) is 5.02 Å². The number of halogens is 1. The van der Waals surface area contributed by atoms with Crippen LogP contribution in [0.15, 0.2) is 90.2 Å². The third-order valence-corrected chi connectivity index (χ3v) is 5.18. The van der Waals surface area contributed by atoms with Crippen molar-refractivity contribution in [3.8, 4) is 28.5 Å². The summed E-state index contributed by atoms with van der Waals surface area (Å²) in [5, 5.41) is 13.9. The SMILES string of the molecule is Cc1cc(-n2cccn2)ccc1-n1ccc(=O)c(-c2ccnn2-c2cccc(Cl)c2)n1. The zero-order valence-corrected chi connectivity index (χ0v) is 17.3. The van der Waals surface area contributed by atoms with E-state index in [1.54, 1.807) is 50.8 Å². The van der Waals surface area contributed by atoms with Gasteiger partial charge in [-0.15, -0.1) is 0 Å². The molecule has 5 aromatic rings. The Morgan fingerprint density at radius 1 is 0.839 bits per heavy atom. The summed E-state index contributed by atoms with van der Waals surface area (Å²) < 4.78 is 5.16. The Bertz CT molecular complexity index is 1430. The van der Waals surface area contributed by atoms with Gasteiger partial charge >= 0.3 is 0 Å². The summed E-state index contributed by atoms with van der Waals surface area (Å²) in [7, 11) is 0. The molecule has 3 aromatic heterocycles. The summed E-state index contributed by atoms with van der Waals surface area (Å²) in [5.74, 6) is 0. The average Bonchev–Trinajstić information content (AvgIpc) is 3.47. The molecule has 0 N–H and O–H groups in total. The molecular weight excluding hydrogens is 412 g/mol. The topological polar surface area (TPSA) is 70.5 Å². The van der Waals surface area contributed by atoms with Crippen molar-refractivity contribution >= 4 is 11.6 Å². The largest absolute Gasteiger partial charge is 0.287 e. The Morgan fingerprint density at radius 2 is 1.74 bits per heavy atom. The van der Waals surface area contributed by atoms with Crippen molar-refractivity contribution in [3.63, 3.8) is 0 Å². The average molecular weight is 429 g/mol. The van der Waals surface area contributed by atoms with Crippen molar-refractivity contribution in [1.29, 1.82) is 0 Å². The number of aryl methyl sites for hydroxylation is 1. The molecule has 7 nitrogen and oxygen atoms in total. The smallest absolute Gasteiger partial charge is 0.209 e. The monoisotopic (exact) mass is 428 g/mol. The van der Waals surface area contributed by atoms with Gasteiger partial charge in [0, 0.05) is 29.7 Å². The molecule has 0 atom stereocenters. The minimum absolute atomic E-state index is 0.189. The quantitative estimate of drug-likeness (QED) is 0.429. The van der Waals surface area contributed by atoms with Crippen LogP contribution in [0.25, 0.3) is 28.5 Å². The fourth-order valence-corrected chi connectivity index (χ4v) is 3.66. The minimum atomic E-state index is -0.189. The Kier molecular flexibility index (Phi) is 4.72. The molecule has 0 bridgehead atoms. The highest BCUT2D eigenvalue weighted by Crippen LogP contribution is 2.22. The Labute approximate surface area is 182 Å². The molecule has 0 fully saturated rings. The van der Waals surface area contributed by atoms with E-state index in [2.05, 4.69) is 15.3 Å². The first-order valence-electron chi connectivity index (χ1n) is 9.61. The molecule has 31 heavy (non-hydrogen) atoms. The Hall–Kier alpha value is -3.97. The third-order valence-electron chi connectivity index (χ3n) is 4.94. The van der Waals surface area contributed by atoms with Crippen LogP contribution >= 0.6 is 11.6 Å². The fourth-order valence-electron chi connectivity index (χ4n) is 3.48. The summed E-state index contributed by atoms with van der Waals surface area (Å²) in [6.45, 7) is 2.00. The molecule has 0 amide bonds. The highest BCUT2D eigenvalue weighted by atomic mass is 35.5. The lowest BCUT2D eigenvalue weighted by molar-refractivity contribution is 0.815. The standard InChI is InChI=1S/C23H17ClN6O/c1-16-14-18(28-12-3-10-25-28)6-7-20(16)29-13-9-22(31)23(27-29)21-8-11-26-30(21)19-5-2-4-17(24)15-19/h2-15H,1H3. The number of nitrogens with zero attached hydrogens (tertiary/aromatic N) is 6. The molecule has 0 aliphatic heterocycles. The highest BCUT2D eigenvalue weighted by Gasteiger charge is 2.14. The number of hydrogen-bond acceptors (Lipinski definition) is 4. The molecule has 0 spiro atoms. The van der Waals surface area contributed by atoms with Gasteiger partial charge in [0.25, 0.3) is 0 Å². The predicted octanol–water partition coefficient (Wildman–Crippen LogP) is 4.23. The maximum absolute atomic E-state index is 12.7. The van der Waals surface area contributed by atoms with Crippen molar-refractivity contribution in [1.82, 2.24) is 29.3 Å². The van der Waals surface area contributed by atoms with Crippen LogP contribution in [-0.2, 0) is 0 Å². The van der Waals surface area contributed by atoms with Gasteiger partial charge in [-0.05, 0) is 61.0 Å². The van der Waals surface area contributed by atoms with Gasteiger partial charge in [0.15, 0.2) is 5.69 Å². The molecular formula is C23H17ClN6O. The lowest BCUT2D eigenvalue weighted by atomic mass is 10.1. The predicted molar refractivity (Wildman–Crippen MR) is 119 cm³/mol. The van der Waals surface area contributed by atoms with Gasteiger partial charge in [-0.1, -0.05) is 17.7 Å². The molecule has 152 valence electrons. The van der Waals surface area contributed by atoms with Crippen LogP contribution in [0.3, 0.4) is 0 Å². The van der Waals surface area contributed by atoms with Crippen molar-refractivity contribution in [2.75, 3.05) is 0 Å². The molecule has 8 heteroatoms. The molecule has 2 aromatic carbocycles. The molecule has 3 heterocycles. The molecule has 0 saturated carbocycles. The number of rotatable bonds is 4. The Morgan fingerprint density at radius 3 is 2.52 bits per heavy atom. The second kappa shape index (κ2) is 7.70. The van der Waals surface area contributed by atoms with E-state index in [0.717, 1.165) is 22.6 Å². The van der Waals surface area contributed by atoms with E-state index in [1.165, 1.54) is 6.07 Å². The minimum Gasteiger partial charge on any atom is -0.287 e. The van der Waals surface area contributed by atoms with Crippen molar-refractivity contribution < 1.29 is 0 Å². The molecule has 0 aliphatic rings. The third kappa shape index (κ3) is 3.55. The van der Waals surface area contributed by atoms with Gasteiger partial charge in [0.2, 0.25) is 5.43 Å². The maximum Gasteiger partial charge on any atom is 0.209 e. The molecule has 0 aliphatic carbocycles. The van der Waals surface area contributed by atoms with E-state index in [0.29, 0.717) is 16.4 Å². The molecule has 0 saturated heterocycles. The lowest BCUT2D eigenvalue weighted by Gasteiger charge is -2.13. The van der Waals surface area contributed by atoms with E-state index in [1.807, 2.05) is 49.5 Å².